The zero-order valence-corrected chi connectivity index (χ0v) is 15.0. The lowest BCUT2D eigenvalue weighted by molar-refractivity contribution is -0.119. The number of pyridine rings is 1. The van der Waals surface area contributed by atoms with E-state index in [-0.39, 0.29) is 40.6 Å². The molecule has 0 spiro atoms. The molecule has 0 aliphatic carbocycles. The molecule has 26 heavy (non-hydrogen) atoms. The van der Waals surface area contributed by atoms with E-state index < -0.39 is 11.5 Å². The first-order chi connectivity index (χ1) is 12.3. The van der Waals surface area contributed by atoms with Gasteiger partial charge >= 0.3 is 0 Å². The Kier molecular flexibility index (Phi) is 5.50. The fourth-order valence-electron chi connectivity index (χ4n) is 2.26. The van der Waals surface area contributed by atoms with Crippen LogP contribution in [0.5, 0.6) is 11.5 Å². The summed E-state index contributed by atoms with van der Waals surface area (Å²) in [6, 6.07) is 6.59. The van der Waals surface area contributed by atoms with Crippen LogP contribution in [0.15, 0.2) is 21.4 Å². The molecular weight excluding hydrogens is 406 g/mol. The van der Waals surface area contributed by atoms with Crippen molar-refractivity contribution < 1.29 is 14.3 Å². The summed E-state index contributed by atoms with van der Waals surface area (Å²) in [7, 11) is 1.37. The smallest absolute Gasteiger partial charge is 0.268 e. The van der Waals surface area contributed by atoms with E-state index in [0.29, 0.717) is 10.0 Å². The summed E-state index contributed by atoms with van der Waals surface area (Å²) < 4.78 is 10.9. The average molecular weight is 418 g/mol. The van der Waals surface area contributed by atoms with Crippen molar-refractivity contribution >= 4 is 27.7 Å². The third kappa shape index (κ3) is 3.45. The molecule has 2 rings (SSSR count). The normalized spacial score (nSPS) is 9.85. The molecule has 132 valence electrons. The van der Waals surface area contributed by atoms with Gasteiger partial charge in [-0.25, -0.2) is 0 Å². The number of benzene rings is 1. The number of carbonyl (C=O) groups excluding carboxylic acids is 1. The molecule has 0 bridgehead atoms. The lowest BCUT2D eigenvalue weighted by Gasteiger charge is -2.15. The number of anilines is 1. The first-order valence-corrected chi connectivity index (χ1v) is 7.78. The van der Waals surface area contributed by atoms with Gasteiger partial charge in [-0.15, -0.1) is 0 Å². The van der Waals surface area contributed by atoms with Crippen molar-refractivity contribution in [3.05, 3.63) is 38.1 Å². The second-order valence-electron chi connectivity index (χ2n) is 4.95. The number of methoxy groups -OCH3 is 1. The number of amides is 1. The van der Waals surface area contributed by atoms with Crippen LogP contribution in [0.25, 0.3) is 11.1 Å². The van der Waals surface area contributed by atoms with Crippen molar-refractivity contribution in [1.82, 2.24) is 4.98 Å². The predicted molar refractivity (Wildman–Crippen MR) is 95.3 cm³/mol. The number of carbonyl (C=O) groups is 1. The Balaban J connectivity index is 2.79. The van der Waals surface area contributed by atoms with E-state index >= 15 is 0 Å². The third-order valence-electron chi connectivity index (χ3n) is 3.36. The fraction of sp³-hybridized carbons (Fsp3) is 0.125. The maximum absolute atomic E-state index is 12.1. The van der Waals surface area contributed by atoms with Gasteiger partial charge in [-0.3, -0.25) is 9.59 Å². The highest BCUT2D eigenvalue weighted by Crippen LogP contribution is 2.41. The molecule has 0 atom stereocenters. The van der Waals surface area contributed by atoms with Gasteiger partial charge in [-0.1, -0.05) is 15.9 Å². The van der Waals surface area contributed by atoms with E-state index in [4.69, 9.17) is 20.9 Å². The highest BCUT2D eigenvalue weighted by molar-refractivity contribution is 9.10. The first-order valence-electron chi connectivity index (χ1n) is 6.99. The molecule has 0 unspecified atom stereocenters. The van der Waals surface area contributed by atoms with Crippen molar-refractivity contribution in [1.29, 1.82) is 10.5 Å². The van der Waals surface area contributed by atoms with Gasteiger partial charge in [0.2, 0.25) is 0 Å². The van der Waals surface area contributed by atoms with Crippen LogP contribution in [0.4, 0.5) is 5.82 Å². The summed E-state index contributed by atoms with van der Waals surface area (Å²) in [5.41, 5.74) is 10.1. The van der Waals surface area contributed by atoms with Gasteiger partial charge < -0.3 is 25.9 Å². The SMILES string of the molecule is COc1cc(-c2c(C#N)c(N)[nH]c(=O)c2C#N)c(Br)cc1OCC(N)=O. The van der Waals surface area contributed by atoms with Gasteiger partial charge in [0, 0.05) is 15.6 Å². The average Bonchev–Trinajstić information content (AvgIpc) is 2.59. The van der Waals surface area contributed by atoms with E-state index in [1.807, 2.05) is 6.07 Å². The zero-order valence-electron chi connectivity index (χ0n) is 13.4. The number of nitrogens with zero attached hydrogens (tertiary/aromatic N) is 2. The van der Waals surface area contributed by atoms with E-state index in [1.165, 1.54) is 19.2 Å². The van der Waals surface area contributed by atoms with Gasteiger partial charge in [0.25, 0.3) is 11.5 Å². The number of aromatic nitrogens is 1. The van der Waals surface area contributed by atoms with Crippen LogP contribution in [0, 0.1) is 22.7 Å². The quantitative estimate of drug-likeness (QED) is 0.651. The molecule has 1 aromatic carbocycles. The Morgan fingerprint density at radius 2 is 1.92 bits per heavy atom. The third-order valence-corrected chi connectivity index (χ3v) is 4.02. The number of rotatable bonds is 5. The maximum Gasteiger partial charge on any atom is 0.268 e. The zero-order chi connectivity index (χ0) is 19.4. The van der Waals surface area contributed by atoms with Gasteiger partial charge in [-0.05, 0) is 12.1 Å². The van der Waals surface area contributed by atoms with Crippen LogP contribution < -0.4 is 26.5 Å². The summed E-state index contributed by atoms with van der Waals surface area (Å²) in [5.74, 6) is -0.424. The fourth-order valence-corrected chi connectivity index (χ4v) is 2.78. The molecule has 10 heteroatoms. The Morgan fingerprint density at radius 3 is 2.46 bits per heavy atom. The minimum atomic E-state index is -0.723. The number of primary amides is 1. The molecule has 0 saturated heterocycles. The van der Waals surface area contributed by atoms with Gasteiger partial charge in [0.15, 0.2) is 18.1 Å². The highest BCUT2D eigenvalue weighted by atomic mass is 79.9. The molecule has 1 amide bonds. The first kappa shape index (κ1) is 18.8. The number of ether oxygens (including phenoxy) is 2. The Hall–Kier alpha value is -3.50. The van der Waals surface area contributed by atoms with E-state index in [1.54, 1.807) is 6.07 Å². The van der Waals surface area contributed by atoms with Crippen molar-refractivity contribution in [2.75, 3.05) is 19.5 Å². The number of nitrogens with one attached hydrogen (secondary N) is 1. The summed E-state index contributed by atoms with van der Waals surface area (Å²) in [4.78, 5) is 25.2. The van der Waals surface area contributed by atoms with Crippen LogP contribution >= 0.6 is 15.9 Å². The number of hydrogen-bond acceptors (Lipinski definition) is 7. The molecule has 0 radical (unpaired) electrons. The maximum atomic E-state index is 12.1. The van der Waals surface area contributed by atoms with Gasteiger partial charge in [0.1, 0.15) is 29.1 Å². The van der Waals surface area contributed by atoms with Gasteiger partial charge in [0.05, 0.1) is 7.11 Å². The van der Waals surface area contributed by atoms with Crippen LogP contribution in [-0.2, 0) is 4.79 Å². The summed E-state index contributed by atoms with van der Waals surface area (Å²) >= 11 is 3.31. The summed E-state index contributed by atoms with van der Waals surface area (Å²) in [6.07, 6.45) is 0. The summed E-state index contributed by atoms with van der Waals surface area (Å²) in [6.45, 7) is -0.368. The number of nitriles is 2. The molecular formula is C16H12BrN5O4. The lowest BCUT2D eigenvalue weighted by atomic mass is 9.96. The number of halogens is 1. The van der Waals surface area contributed by atoms with E-state index in [0.717, 1.165) is 0 Å². The topological polar surface area (TPSA) is 168 Å². The predicted octanol–water partition coefficient (Wildman–Crippen LogP) is 1.00. The van der Waals surface area contributed by atoms with Crippen molar-refractivity contribution in [3.63, 3.8) is 0 Å². The molecule has 1 aromatic heterocycles. The summed E-state index contributed by atoms with van der Waals surface area (Å²) in [5, 5.41) is 18.8. The molecule has 5 N–H and O–H groups in total. The Bertz CT molecular complexity index is 1030. The molecule has 1 heterocycles. The Morgan fingerprint density at radius 1 is 1.27 bits per heavy atom. The van der Waals surface area contributed by atoms with Crippen LogP contribution in [0.1, 0.15) is 11.1 Å². The standard InChI is InChI=1S/C16H12BrN5O4/c1-25-11-2-7(10(17)3-12(11)26-6-13(20)23)14-8(4-18)15(21)22-16(24)9(14)5-19/h2-3H,6H2,1H3,(H2,20,23)(H3,21,22,24). The second-order valence-corrected chi connectivity index (χ2v) is 5.81. The van der Waals surface area contributed by atoms with Crippen molar-refractivity contribution in [2.45, 2.75) is 0 Å². The minimum Gasteiger partial charge on any atom is -0.493 e. The van der Waals surface area contributed by atoms with Crippen molar-refractivity contribution in [2.24, 2.45) is 5.73 Å². The molecule has 2 aromatic rings. The van der Waals surface area contributed by atoms with Crippen molar-refractivity contribution in [3.8, 4) is 34.8 Å². The largest absolute Gasteiger partial charge is 0.493 e. The minimum absolute atomic E-state index is 0.0582. The molecule has 0 saturated carbocycles. The number of nitrogens with two attached hydrogens (primary N) is 2. The molecule has 0 fully saturated rings. The molecule has 0 aliphatic rings. The highest BCUT2D eigenvalue weighted by Gasteiger charge is 2.22. The van der Waals surface area contributed by atoms with E-state index in [2.05, 4.69) is 20.9 Å². The lowest BCUT2D eigenvalue weighted by Crippen LogP contribution is -2.20. The van der Waals surface area contributed by atoms with Crippen LogP contribution in [0.3, 0.4) is 0 Å². The van der Waals surface area contributed by atoms with Gasteiger partial charge in [-0.2, -0.15) is 10.5 Å². The number of aromatic amines is 1. The van der Waals surface area contributed by atoms with Crippen LogP contribution in [-0.4, -0.2) is 24.6 Å². The number of hydrogen-bond donors (Lipinski definition) is 3. The molecule has 0 aliphatic heterocycles. The molecule has 9 nitrogen and oxygen atoms in total. The monoisotopic (exact) mass is 417 g/mol. The Labute approximate surface area is 155 Å². The second kappa shape index (κ2) is 7.59. The van der Waals surface area contributed by atoms with E-state index in [9.17, 15) is 20.1 Å². The number of nitrogen functional groups attached to an aromatic ring is 1. The number of H-pyrrole nitrogens is 1. The van der Waals surface area contributed by atoms with Crippen LogP contribution in [0.2, 0.25) is 0 Å².